The van der Waals surface area contributed by atoms with Gasteiger partial charge >= 0.3 is 0 Å². The summed E-state index contributed by atoms with van der Waals surface area (Å²) in [6.45, 7) is 2.79. The van der Waals surface area contributed by atoms with Crippen molar-refractivity contribution in [1.82, 2.24) is 20.3 Å². The minimum atomic E-state index is 0.475. The van der Waals surface area contributed by atoms with Crippen LogP contribution >= 0.6 is 0 Å². The molecule has 1 fully saturated rings. The minimum Gasteiger partial charge on any atom is -0.373 e. The number of aromatic nitrogens is 3. The molecule has 1 saturated heterocycles. The molecule has 3 heterocycles. The van der Waals surface area contributed by atoms with E-state index in [-0.39, 0.29) is 0 Å². The second-order valence-electron chi connectivity index (χ2n) is 5.45. The second-order valence-corrected chi connectivity index (χ2v) is 5.45. The zero-order valence-electron chi connectivity index (χ0n) is 12.9. The third kappa shape index (κ3) is 3.51. The Hall–Kier alpha value is -2.21. The molecule has 6 heteroatoms. The highest BCUT2D eigenvalue weighted by Gasteiger charge is 2.25. The highest BCUT2D eigenvalue weighted by Crippen LogP contribution is 2.24. The first kappa shape index (κ1) is 14.7. The lowest BCUT2D eigenvalue weighted by molar-refractivity contribution is 0.566. The number of hydrogen-bond acceptors (Lipinski definition) is 6. The number of pyridine rings is 1. The Bertz CT molecular complexity index is 588. The molecule has 3 rings (SSSR count). The van der Waals surface area contributed by atoms with E-state index in [4.69, 9.17) is 0 Å². The van der Waals surface area contributed by atoms with Crippen molar-refractivity contribution in [2.45, 2.75) is 25.4 Å². The fourth-order valence-corrected chi connectivity index (χ4v) is 2.86. The maximum absolute atomic E-state index is 4.42. The molecule has 2 aromatic rings. The molecule has 1 aliphatic rings. The summed E-state index contributed by atoms with van der Waals surface area (Å²) in [7, 11) is 1.88. The van der Waals surface area contributed by atoms with Crippen molar-refractivity contribution in [3.63, 3.8) is 0 Å². The van der Waals surface area contributed by atoms with E-state index in [9.17, 15) is 0 Å². The van der Waals surface area contributed by atoms with Gasteiger partial charge in [0.25, 0.3) is 0 Å². The summed E-state index contributed by atoms with van der Waals surface area (Å²) in [6, 6.07) is 8.49. The van der Waals surface area contributed by atoms with Gasteiger partial charge in [0.15, 0.2) is 0 Å². The zero-order chi connectivity index (χ0) is 15.2. The number of anilines is 2. The fourth-order valence-electron chi connectivity index (χ4n) is 2.86. The molecule has 0 aliphatic carbocycles. The number of nitrogens with zero attached hydrogens (tertiary/aromatic N) is 4. The normalized spacial score (nSPS) is 17.7. The molecule has 2 N–H and O–H groups in total. The van der Waals surface area contributed by atoms with Crippen LogP contribution in [0.2, 0.25) is 0 Å². The standard InChI is InChI=1S/C16H22N6/c1-17-15-9-16(21-12-20-15)22-8-4-6-14(22)11-18-10-13-5-2-3-7-19-13/h2-3,5,7,9,12,14,18H,4,6,8,10-11H2,1H3,(H,17,20,21)/t14-/m1/s1. The lowest BCUT2D eigenvalue weighted by Crippen LogP contribution is -2.38. The topological polar surface area (TPSA) is 66.0 Å². The first-order chi connectivity index (χ1) is 10.9. The van der Waals surface area contributed by atoms with Gasteiger partial charge in [0, 0.05) is 45.0 Å². The van der Waals surface area contributed by atoms with E-state index >= 15 is 0 Å². The van der Waals surface area contributed by atoms with Crippen molar-refractivity contribution >= 4 is 11.6 Å². The Labute approximate surface area is 131 Å². The molecule has 0 radical (unpaired) electrons. The largest absolute Gasteiger partial charge is 0.373 e. The van der Waals surface area contributed by atoms with E-state index in [1.165, 1.54) is 12.8 Å². The lowest BCUT2D eigenvalue weighted by atomic mass is 10.2. The van der Waals surface area contributed by atoms with Gasteiger partial charge in [-0.2, -0.15) is 0 Å². The summed E-state index contributed by atoms with van der Waals surface area (Å²) < 4.78 is 0. The van der Waals surface area contributed by atoms with Crippen LogP contribution in [0.3, 0.4) is 0 Å². The van der Waals surface area contributed by atoms with Gasteiger partial charge in [0.05, 0.1) is 5.69 Å². The molecule has 2 aromatic heterocycles. The highest BCUT2D eigenvalue weighted by molar-refractivity contribution is 5.49. The average molecular weight is 298 g/mol. The van der Waals surface area contributed by atoms with Crippen molar-refractivity contribution in [2.24, 2.45) is 0 Å². The Balaban J connectivity index is 1.58. The average Bonchev–Trinajstić information content (AvgIpc) is 3.04. The monoisotopic (exact) mass is 298 g/mol. The summed E-state index contributed by atoms with van der Waals surface area (Å²) in [4.78, 5) is 15.3. The molecule has 0 unspecified atom stereocenters. The predicted octanol–water partition coefficient (Wildman–Crippen LogP) is 1.67. The van der Waals surface area contributed by atoms with Crippen molar-refractivity contribution in [3.8, 4) is 0 Å². The Morgan fingerprint density at radius 1 is 1.27 bits per heavy atom. The van der Waals surface area contributed by atoms with Crippen molar-refractivity contribution < 1.29 is 0 Å². The van der Waals surface area contributed by atoms with Gasteiger partial charge < -0.3 is 15.5 Å². The van der Waals surface area contributed by atoms with Crippen LogP contribution in [-0.4, -0.2) is 41.1 Å². The molecular formula is C16H22N6. The Morgan fingerprint density at radius 2 is 2.23 bits per heavy atom. The van der Waals surface area contributed by atoms with Gasteiger partial charge in [-0.1, -0.05) is 6.07 Å². The summed E-state index contributed by atoms with van der Waals surface area (Å²) in [5, 5.41) is 6.58. The molecule has 0 bridgehead atoms. The van der Waals surface area contributed by atoms with Crippen LogP contribution in [0.4, 0.5) is 11.6 Å². The molecule has 0 saturated carbocycles. The van der Waals surface area contributed by atoms with E-state index in [1.54, 1.807) is 6.33 Å². The van der Waals surface area contributed by atoms with Gasteiger partial charge in [0.1, 0.15) is 18.0 Å². The summed E-state index contributed by atoms with van der Waals surface area (Å²) in [5.41, 5.74) is 1.08. The summed E-state index contributed by atoms with van der Waals surface area (Å²) >= 11 is 0. The van der Waals surface area contributed by atoms with Crippen molar-refractivity contribution in [1.29, 1.82) is 0 Å². The third-order valence-corrected chi connectivity index (χ3v) is 3.99. The maximum atomic E-state index is 4.42. The van der Waals surface area contributed by atoms with Crippen LogP contribution in [0.1, 0.15) is 18.5 Å². The van der Waals surface area contributed by atoms with Crippen LogP contribution in [0, 0.1) is 0 Å². The Kier molecular flexibility index (Phi) is 4.80. The highest BCUT2D eigenvalue weighted by atomic mass is 15.2. The van der Waals surface area contributed by atoms with Crippen molar-refractivity contribution in [3.05, 3.63) is 42.5 Å². The fraction of sp³-hybridized carbons (Fsp3) is 0.438. The van der Waals surface area contributed by atoms with Gasteiger partial charge in [-0.15, -0.1) is 0 Å². The van der Waals surface area contributed by atoms with E-state index in [0.29, 0.717) is 6.04 Å². The number of nitrogens with one attached hydrogen (secondary N) is 2. The molecule has 1 aliphatic heterocycles. The van der Waals surface area contributed by atoms with E-state index in [2.05, 4.69) is 30.5 Å². The molecule has 1 atom stereocenters. The number of hydrogen-bond donors (Lipinski definition) is 2. The van der Waals surface area contributed by atoms with Gasteiger partial charge in [-0.25, -0.2) is 9.97 Å². The molecule has 0 amide bonds. The van der Waals surface area contributed by atoms with E-state index in [1.807, 2.05) is 37.5 Å². The SMILES string of the molecule is CNc1cc(N2CCC[C@@H]2CNCc2ccccn2)ncn1. The van der Waals surface area contributed by atoms with E-state index in [0.717, 1.165) is 37.0 Å². The smallest absolute Gasteiger partial charge is 0.134 e. The summed E-state index contributed by atoms with van der Waals surface area (Å²) in [5.74, 6) is 1.86. The Morgan fingerprint density at radius 3 is 3.05 bits per heavy atom. The van der Waals surface area contributed by atoms with Gasteiger partial charge in [-0.05, 0) is 25.0 Å². The van der Waals surface area contributed by atoms with Crippen LogP contribution in [0.15, 0.2) is 36.8 Å². The first-order valence-corrected chi connectivity index (χ1v) is 7.74. The molecule has 22 heavy (non-hydrogen) atoms. The molecular weight excluding hydrogens is 276 g/mol. The minimum absolute atomic E-state index is 0.475. The number of rotatable bonds is 6. The van der Waals surface area contributed by atoms with E-state index < -0.39 is 0 Å². The van der Waals surface area contributed by atoms with Crippen LogP contribution < -0.4 is 15.5 Å². The van der Waals surface area contributed by atoms with Crippen LogP contribution in [0.25, 0.3) is 0 Å². The zero-order valence-corrected chi connectivity index (χ0v) is 12.9. The van der Waals surface area contributed by atoms with Crippen LogP contribution in [-0.2, 0) is 6.54 Å². The van der Waals surface area contributed by atoms with Gasteiger partial charge in [0.2, 0.25) is 0 Å². The first-order valence-electron chi connectivity index (χ1n) is 7.74. The quantitative estimate of drug-likeness (QED) is 0.846. The molecule has 116 valence electrons. The van der Waals surface area contributed by atoms with Crippen molar-refractivity contribution in [2.75, 3.05) is 30.4 Å². The third-order valence-electron chi connectivity index (χ3n) is 3.99. The molecule has 0 spiro atoms. The lowest BCUT2D eigenvalue weighted by Gasteiger charge is -2.26. The predicted molar refractivity (Wildman–Crippen MR) is 87.9 cm³/mol. The second kappa shape index (κ2) is 7.17. The van der Waals surface area contributed by atoms with Crippen LogP contribution in [0.5, 0.6) is 0 Å². The molecule has 6 nitrogen and oxygen atoms in total. The maximum Gasteiger partial charge on any atom is 0.134 e. The van der Waals surface area contributed by atoms with Gasteiger partial charge in [-0.3, -0.25) is 4.98 Å². The molecule has 0 aromatic carbocycles. The summed E-state index contributed by atoms with van der Waals surface area (Å²) in [6.07, 6.45) is 5.85.